The second kappa shape index (κ2) is 6.32. The van der Waals surface area contributed by atoms with Gasteiger partial charge in [-0.25, -0.2) is 0 Å². The van der Waals surface area contributed by atoms with Gasteiger partial charge < -0.3 is 20.5 Å². The summed E-state index contributed by atoms with van der Waals surface area (Å²) in [7, 11) is 0. The number of piperidine rings is 1. The van der Waals surface area contributed by atoms with Crippen LogP contribution < -0.4 is 5.73 Å². The number of likely N-dealkylation sites (tertiary alicyclic amines) is 1. The van der Waals surface area contributed by atoms with Crippen molar-refractivity contribution in [3.05, 3.63) is 0 Å². The van der Waals surface area contributed by atoms with E-state index in [4.69, 9.17) is 15.6 Å². The smallest absolute Gasteiger partial charge is 0.0701 e. The molecule has 4 nitrogen and oxygen atoms in total. The van der Waals surface area contributed by atoms with E-state index >= 15 is 0 Å². The molecule has 1 heterocycles. The summed E-state index contributed by atoms with van der Waals surface area (Å²) in [6.45, 7) is 4.49. The van der Waals surface area contributed by atoms with Gasteiger partial charge in [-0.2, -0.15) is 0 Å². The Kier molecular flexibility index (Phi) is 5.31. The summed E-state index contributed by atoms with van der Waals surface area (Å²) in [6.07, 6.45) is 2.49. The molecule has 0 aromatic rings. The van der Waals surface area contributed by atoms with Gasteiger partial charge in [-0.05, 0) is 12.8 Å². The van der Waals surface area contributed by atoms with Crippen molar-refractivity contribution in [1.82, 2.24) is 4.90 Å². The molecule has 4 heteroatoms. The molecule has 0 spiro atoms. The molecule has 78 valence electrons. The van der Waals surface area contributed by atoms with Crippen molar-refractivity contribution in [2.24, 2.45) is 5.73 Å². The van der Waals surface area contributed by atoms with Crippen molar-refractivity contribution in [2.75, 3.05) is 39.4 Å². The van der Waals surface area contributed by atoms with E-state index in [9.17, 15) is 0 Å². The van der Waals surface area contributed by atoms with E-state index in [0.717, 1.165) is 39.0 Å². The lowest BCUT2D eigenvalue weighted by Crippen LogP contribution is -2.39. The zero-order valence-electron chi connectivity index (χ0n) is 8.11. The average Bonchev–Trinajstić information content (AvgIpc) is 2.17. The zero-order chi connectivity index (χ0) is 9.52. The molecule has 1 rings (SSSR count). The SMILES string of the molecule is NCCN1CCC(OCCO)CC1. The van der Waals surface area contributed by atoms with Crippen LogP contribution in [0, 0.1) is 0 Å². The van der Waals surface area contributed by atoms with Gasteiger partial charge in [0.2, 0.25) is 0 Å². The van der Waals surface area contributed by atoms with Gasteiger partial charge in [0.15, 0.2) is 0 Å². The van der Waals surface area contributed by atoms with E-state index in [1.807, 2.05) is 0 Å². The van der Waals surface area contributed by atoms with Gasteiger partial charge in [-0.15, -0.1) is 0 Å². The largest absolute Gasteiger partial charge is 0.394 e. The summed E-state index contributed by atoms with van der Waals surface area (Å²) < 4.78 is 5.45. The molecule has 0 bridgehead atoms. The Balaban J connectivity index is 2.08. The maximum atomic E-state index is 8.58. The van der Waals surface area contributed by atoms with E-state index in [0.29, 0.717) is 12.7 Å². The van der Waals surface area contributed by atoms with Crippen LogP contribution in [-0.2, 0) is 4.74 Å². The fourth-order valence-electron chi connectivity index (χ4n) is 1.70. The minimum absolute atomic E-state index is 0.128. The van der Waals surface area contributed by atoms with Gasteiger partial charge in [0, 0.05) is 26.2 Å². The summed E-state index contributed by atoms with van der Waals surface area (Å²) in [4.78, 5) is 2.36. The van der Waals surface area contributed by atoms with Gasteiger partial charge in [0.1, 0.15) is 0 Å². The van der Waals surface area contributed by atoms with Crippen LogP contribution in [0.5, 0.6) is 0 Å². The zero-order valence-corrected chi connectivity index (χ0v) is 8.11. The standard InChI is InChI=1S/C9H20N2O2/c10-3-6-11-4-1-9(2-5-11)13-8-7-12/h9,12H,1-8,10H2. The Labute approximate surface area is 79.7 Å². The lowest BCUT2D eigenvalue weighted by molar-refractivity contribution is -0.00717. The normalized spacial score (nSPS) is 20.8. The van der Waals surface area contributed by atoms with Crippen LogP contribution in [0.15, 0.2) is 0 Å². The molecule has 3 N–H and O–H groups in total. The molecule has 0 unspecified atom stereocenters. The third-order valence-electron chi connectivity index (χ3n) is 2.42. The monoisotopic (exact) mass is 188 g/mol. The Morgan fingerprint density at radius 1 is 1.38 bits per heavy atom. The van der Waals surface area contributed by atoms with E-state index in [1.54, 1.807) is 0 Å². The number of aliphatic hydroxyl groups is 1. The van der Waals surface area contributed by atoms with Crippen LogP contribution in [0.1, 0.15) is 12.8 Å². The minimum Gasteiger partial charge on any atom is -0.394 e. The van der Waals surface area contributed by atoms with Crippen LogP contribution in [0.2, 0.25) is 0 Å². The molecular formula is C9H20N2O2. The maximum Gasteiger partial charge on any atom is 0.0701 e. The number of aliphatic hydroxyl groups excluding tert-OH is 1. The van der Waals surface area contributed by atoms with Crippen molar-refractivity contribution in [2.45, 2.75) is 18.9 Å². The highest BCUT2D eigenvalue weighted by Crippen LogP contribution is 2.12. The number of ether oxygens (including phenoxy) is 1. The Morgan fingerprint density at radius 2 is 2.08 bits per heavy atom. The number of hydrogen-bond acceptors (Lipinski definition) is 4. The van der Waals surface area contributed by atoms with Crippen molar-refractivity contribution in [3.63, 3.8) is 0 Å². The number of nitrogens with two attached hydrogens (primary N) is 1. The van der Waals surface area contributed by atoms with Crippen molar-refractivity contribution >= 4 is 0 Å². The molecule has 0 amide bonds. The molecule has 0 aliphatic carbocycles. The fourth-order valence-corrected chi connectivity index (χ4v) is 1.70. The Hall–Kier alpha value is -0.160. The molecule has 1 fully saturated rings. The summed E-state index contributed by atoms with van der Waals surface area (Å²) in [5.41, 5.74) is 5.47. The van der Waals surface area contributed by atoms with E-state index < -0.39 is 0 Å². The number of rotatable bonds is 5. The first-order valence-electron chi connectivity index (χ1n) is 5.01. The summed E-state index contributed by atoms with van der Waals surface area (Å²) >= 11 is 0. The average molecular weight is 188 g/mol. The van der Waals surface area contributed by atoms with Gasteiger partial charge in [0.25, 0.3) is 0 Å². The first-order valence-corrected chi connectivity index (χ1v) is 5.01. The maximum absolute atomic E-state index is 8.58. The first-order chi connectivity index (χ1) is 6.36. The predicted octanol–water partition coefficient (Wildman–Crippen LogP) is -0.582. The molecular weight excluding hydrogens is 168 g/mol. The lowest BCUT2D eigenvalue weighted by Gasteiger charge is -2.31. The van der Waals surface area contributed by atoms with Gasteiger partial charge >= 0.3 is 0 Å². The minimum atomic E-state index is 0.128. The highest BCUT2D eigenvalue weighted by atomic mass is 16.5. The van der Waals surface area contributed by atoms with Crippen LogP contribution in [-0.4, -0.2) is 55.5 Å². The molecule has 0 radical (unpaired) electrons. The third kappa shape index (κ3) is 4.04. The Bertz CT molecular complexity index is 125. The number of nitrogens with zero attached hydrogens (tertiary/aromatic N) is 1. The first kappa shape index (κ1) is 10.9. The summed E-state index contributed by atoms with van der Waals surface area (Å²) in [5, 5.41) is 8.58. The van der Waals surface area contributed by atoms with Crippen molar-refractivity contribution < 1.29 is 9.84 Å². The van der Waals surface area contributed by atoms with Crippen molar-refractivity contribution in [1.29, 1.82) is 0 Å². The highest BCUT2D eigenvalue weighted by Gasteiger charge is 2.18. The number of hydrogen-bond donors (Lipinski definition) is 2. The molecule has 0 aromatic carbocycles. The molecule has 13 heavy (non-hydrogen) atoms. The predicted molar refractivity (Wildman–Crippen MR) is 51.6 cm³/mol. The van der Waals surface area contributed by atoms with Gasteiger partial charge in [-0.1, -0.05) is 0 Å². The topological polar surface area (TPSA) is 58.7 Å². The van der Waals surface area contributed by atoms with Crippen molar-refractivity contribution in [3.8, 4) is 0 Å². The van der Waals surface area contributed by atoms with Gasteiger partial charge in [-0.3, -0.25) is 0 Å². The molecule has 0 saturated carbocycles. The third-order valence-corrected chi connectivity index (χ3v) is 2.42. The second-order valence-corrected chi connectivity index (χ2v) is 3.42. The molecule has 0 aromatic heterocycles. The van der Waals surface area contributed by atoms with Crippen LogP contribution in [0.4, 0.5) is 0 Å². The quantitative estimate of drug-likeness (QED) is 0.606. The van der Waals surface area contributed by atoms with E-state index in [1.165, 1.54) is 0 Å². The van der Waals surface area contributed by atoms with Crippen LogP contribution >= 0.6 is 0 Å². The second-order valence-electron chi connectivity index (χ2n) is 3.42. The van der Waals surface area contributed by atoms with Crippen LogP contribution in [0.3, 0.4) is 0 Å². The van der Waals surface area contributed by atoms with Crippen LogP contribution in [0.25, 0.3) is 0 Å². The highest BCUT2D eigenvalue weighted by molar-refractivity contribution is 4.72. The molecule has 1 aliphatic rings. The molecule has 0 atom stereocenters. The van der Waals surface area contributed by atoms with E-state index in [-0.39, 0.29) is 6.61 Å². The molecule has 1 aliphatic heterocycles. The van der Waals surface area contributed by atoms with Gasteiger partial charge in [0.05, 0.1) is 19.3 Å². The Morgan fingerprint density at radius 3 is 2.62 bits per heavy atom. The van der Waals surface area contributed by atoms with E-state index in [2.05, 4.69) is 4.90 Å². The molecule has 1 saturated heterocycles. The fraction of sp³-hybridized carbons (Fsp3) is 1.00. The summed E-state index contributed by atoms with van der Waals surface area (Å²) in [5.74, 6) is 0. The summed E-state index contributed by atoms with van der Waals surface area (Å²) in [6, 6.07) is 0. The lowest BCUT2D eigenvalue weighted by atomic mass is 10.1.